The van der Waals surface area contributed by atoms with Gasteiger partial charge in [0.05, 0.1) is 57.7 Å². The molecule has 0 aromatic carbocycles. The van der Waals surface area contributed by atoms with Crippen LogP contribution in [0.2, 0.25) is 0 Å². The molecule has 12 atom stereocenters. The Morgan fingerprint density at radius 3 is 1.32 bits per heavy atom. The van der Waals surface area contributed by atoms with E-state index in [1.54, 1.807) is 27.7 Å². The Morgan fingerprint density at radius 1 is 0.496 bits per heavy atom. The van der Waals surface area contributed by atoms with Crippen LogP contribution in [0.4, 0.5) is 52.7 Å². The van der Waals surface area contributed by atoms with Gasteiger partial charge in [0.25, 0.3) is 32.1 Å². The minimum atomic E-state index is -3.01. The van der Waals surface area contributed by atoms with Crippen LogP contribution in [0.3, 0.4) is 0 Å². The largest absolute Gasteiger partial charge is 1.00 e. The first kappa shape index (κ1) is 100. The van der Waals surface area contributed by atoms with Gasteiger partial charge < -0.3 is 44.4 Å². The average molecular weight is 1770 g/mol. The van der Waals surface area contributed by atoms with Crippen LogP contribution in [0, 0.1) is 47.3 Å². The van der Waals surface area contributed by atoms with Gasteiger partial charge in [0, 0.05) is 76.9 Å². The van der Waals surface area contributed by atoms with Gasteiger partial charge in [-0.15, -0.1) is 35.9 Å². The zero-order chi connectivity index (χ0) is 83.6. The number of allylic oxidation sites excluding steroid dienone is 2. The Morgan fingerprint density at radius 2 is 0.915 bits per heavy atom. The van der Waals surface area contributed by atoms with Crippen molar-refractivity contribution in [2.24, 2.45) is 53.1 Å². The molecule has 0 radical (unpaired) electrons. The van der Waals surface area contributed by atoms with Crippen molar-refractivity contribution in [3.63, 3.8) is 0 Å². The molecule has 5 heterocycles. The molecule has 2 N–H and O–H groups in total. The molecule has 0 amide bonds. The number of ketones is 3. The first-order valence-electron chi connectivity index (χ1n) is 37.5. The number of carboxylic acids is 1. The Hall–Kier alpha value is -5.38. The molecule has 12 unspecified atom stereocenters. The summed E-state index contributed by atoms with van der Waals surface area (Å²) in [6.45, 7) is 9.05. The molecule has 4 aromatic heterocycles. The topological polar surface area (TPSA) is 343 Å². The second-order valence-electron chi connectivity index (χ2n) is 28.5. The molecule has 1 aliphatic heterocycles. The molecule has 25 nitrogen and oxygen atoms in total. The number of Topliss-reactive ketones (excluding diaryl/α,β-unsaturated/α-hetero) is 3. The summed E-state index contributed by atoms with van der Waals surface area (Å²) in [5.74, 6) is 1.55. The van der Waals surface area contributed by atoms with Crippen LogP contribution in [-0.2, 0) is 105 Å². The van der Waals surface area contributed by atoms with Crippen molar-refractivity contribution in [2.45, 2.75) is 204 Å². The van der Waals surface area contributed by atoms with Crippen LogP contribution in [0.15, 0.2) is 11.3 Å². The van der Waals surface area contributed by atoms with Crippen molar-refractivity contribution >= 4 is 114 Å². The van der Waals surface area contributed by atoms with Crippen LogP contribution in [0.5, 0.6) is 0 Å². The summed E-state index contributed by atoms with van der Waals surface area (Å²) in [6.07, 6.45) is -7.03. The molecule has 640 valence electrons. The van der Waals surface area contributed by atoms with Gasteiger partial charge in [0.15, 0.2) is 11.6 Å². The van der Waals surface area contributed by atoms with Crippen LogP contribution in [0.1, 0.15) is 221 Å². The number of fused-ring (bicyclic) bond motifs is 16. The number of ether oxygens (including phenoxy) is 5. The van der Waals surface area contributed by atoms with E-state index in [4.69, 9.17) is 19.9 Å². The van der Waals surface area contributed by atoms with Gasteiger partial charge in [-0.2, -0.15) is 54.4 Å². The quantitative estimate of drug-likeness (QED) is 0.0185. The van der Waals surface area contributed by atoms with Crippen molar-refractivity contribution in [2.75, 3.05) is 62.6 Å². The number of hydrogen-bond acceptors (Lipinski definition) is 25. The number of carbonyl (C=O) groups excluding carboxylic acids is 9. The Bertz CT molecular complexity index is 4200. The maximum absolute atomic E-state index is 13.4. The third-order valence-corrected chi connectivity index (χ3v) is 25.3. The fraction of sp³-hybridized carbons (Fsp3) is 0.685. The van der Waals surface area contributed by atoms with Crippen molar-refractivity contribution in [3.05, 3.63) is 79.1 Å². The van der Waals surface area contributed by atoms with E-state index in [0.29, 0.717) is 90.3 Å². The van der Waals surface area contributed by atoms with Crippen molar-refractivity contribution in [3.8, 4) is 0 Å². The number of aromatic nitrogens is 8. The minimum absolute atomic E-state index is 0. The zero-order valence-corrected chi connectivity index (χ0v) is 71.4. The number of nitrogens with two attached hydrogens (primary N) is 1. The fourth-order valence-electron chi connectivity index (χ4n) is 15.8. The van der Waals surface area contributed by atoms with Crippen molar-refractivity contribution < 1.29 is 178 Å². The first-order valence-corrected chi connectivity index (χ1v) is 40.7. The number of thioether (sulfide) groups is 2. The van der Waals surface area contributed by atoms with E-state index in [0.717, 1.165) is 101 Å². The molecule has 12 aliphatic carbocycles. The van der Waals surface area contributed by atoms with Crippen LogP contribution < -0.4 is 64.4 Å². The maximum Gasteiger partial charge on any atom is 1.00 e. The molecule has 9 fully saturated rings. The summed E-state index contributed by atoms with van der Waals surface area (Å²) in [4.78, 5) is 98.6. The van der Waals surface area contributed by atoms with Crippen LogP contribution >= 0.6 is 61.2 Å². The van der Waals surface area contributed by atoms with E-state index < -0.39 is 80.7 Å². The van der Waals surface area contributed by atoms with Crippen molar-refractivity contribution in [1.82, 2.24) is 39.1 Å². The van der Waals surface area contributed by atoms with E-state index >= 15 is 0 Å². The van der Waals surface area contributed by atoms with Gasteiger partial charge in [0.1, 0.15) is 58.0 Å². The third kappa shape index (κ3) is 24.5. The van der Waals surface area contributed by atoms with E-state index in [1.165, 1.54) is 22.7 Å². The zero-order valence-electron chi connectivity index (χ0n) is 65.1. The molecule has 1 spiro atoms. The maximum atomic E-state index is 13.4. The molecule has 4 aromatic rings. The molecule has 0 bridgehead atoms. The number of hydrogen-bond donors (Lipinski definition) is 3. The Kier molecular flexibility index (Phi) is 38.3. The Labute approximate surface area is 725 Å². The van der Waals surface area contributed by atoms with Gasteiger partial charge in [-0.25, -0.2) is 53.4 Å². The standard InChI is InChI=1S/C14H16F2N2O2S2.C12H12F2N2O3.C12H14F2N2O2.C10H10F2N2O2.C8H8F2O2.C6H8O.C5H11NO2.C4H6F2O2.C2H6S2.ClH.Li.Na/c1-2-20-9(19)6-18-12-10(11(17-18)13(15)16)7-5-8(7)14(12)21-3-4-22-14;1-2-19-7(17)4-16-10-8(9(15-16)12(13)14)5-3-6(5)11(10)18;1-2-18-9(17)5-16-8-4-6-3-7(6)10(8)11(15-16)12(13)14;11-10(12)9-8-5-1-4(5)2-6(8)14(13-9)3-7(15)16;9-8(10)7(12)6-4-1-3(4)2-5(6)11;7-6-2-4-1-5(4)3-6;1-2-8-5(7)3-4-6;1-2-8-4(7)3(5)6;3-1-2-4;;;/h7-8,13H,2-6H2,1H3;5-6,12H,2-4H2,1H3;6-7,12H,2-5H2,1H3;4-5,10H,1-3H2,(H,15,16);3-4,8,12H,1-2H2;4-5H,1-3H2;2-4,6H2,1H3;3H,2H2,1H3;3-4H,1-2H2;1H;;/q;;;;;;;;;;2*+1/p-2/b;;;;7-6-;;;;;;;. The predicted molar refractivity (Wildman–Crippen MR) is 393 cm³/mol. The summed E-state index contributed by atoms with van der Waals surface area (Å²) < 4.78 is 178. The number of carboxylic acid groups (broad SMARTS) is 1. The smallest absolute Gasteiger partial charge is 0.871 e. The van der Waals surface area contributed by atoms with Crippen LogP contribution in [-0.4, -0.2) is 168 Å². The number of halogens is 13. The van der Waals surface area contributed by atoms with E-state index in [9.17, 15) is 106 Å². The molecular formula is C73H90ClF12LiN9NaO16S4. The second kappa shape index (κ2) is 44.6. The number of aliphatic carboxylic acids is 1. The molecule has 1 saturated heterocycles. The van der Waals surface area contributed by atoms with Gasteiger partial charge >= 0.3 is 84.7 Å². The number of nitrogens with zero attached hydrogens (tertiary/aromatic N) is 8. The number of thiol groups is 2. The van der Waals surface area contributed by atoms with Gasteiger partial charge in [-0.1, -0.05) is 5.76 Å². The molecule has 8 saturated carbocycles. The number of esters is 5. The normalized spacial score (nSPS) is 24.2. The minimum Gasteiger partial charge on any atom is -0.871 e. The summed E-state index contributed by atoms with van der Waals surface area (Å²) in [7, 11) is 0. The summed E-state index contributed by atoms with van der Waals surface area (Å²) >= 11 is 11.3. The monoisotopic (exact) mass is 1770 g/mol. The summed E-state index contributed by atoms with van der Waals surface area (Å²) in [5.41, 5.74) is 8.92. The molecule has 13 aliphatic rings. The van der Waals surface area contributed by atoms with Gasteiger partial charge in [-0.05, 0) is 168 Å². The van der Waals surface area contributed by atoms with Crippen molar-refractivity contribution in [1.29, 1.82) is 0 Å². The first-order chi connectivity index (χ1) is 54.2. The van der Waals surface area contributed by atoms with E-state index in [1.807, 2.05) is 23.5 Å². The number of rotatable bonds is 22. The molecule has 44 heteroatoms. The average Bonchev–Trinajstić information content (AvgIpc) is 1.49. The fourth-order valence-corrected chi connectivity index (χ4v) is 19.5. The SMILES string of the molecule is CCOC(=O)C(F)F.CCOC(=O)CCN.CCOC(=O)Cn1nc(C(F)F)c2c1C(=O)C1CC21.CCOC(=O)Cn1nc(C(F)F)c2c1C1(SCCS1)C1CC21.CCOC(=O)Cn1nc(C(F)F)c2c1CC1CC21.Cl.O=C([O-])Cn1nc(C(F)F)c2c1CC1CC21.O=C1CC2CC2/C1=C(/[O-])C(F)F.O=C1CC2CC2C1.SCCS.[Li+].[Na+]. The van der Waals surface area contributed by atoms with Crippen LogP contribution in [0.25, 0.3) is 0 Å². The predicted octanol–water partition coefficient (Wildman–Crippen LogP) is 4.54. The number of alkyl halides is 12. The number of carbonyl (C=O) groups is 9. The third-order valence-electron chi connectivity index (χ3n) is 20.8. The van der Waals surface area contributed by atoms with E-state index in [-0.39, 0.29) is 204 Å². The molecule has 17 rings (SSSR count). The summed E-state index contributed by atoms with van der Waals surface area (Å²) in [5, 5.41) is 36.7. The van der Waals surface area contributed by atoms with Gasteiger partial charge in [0.2, 0.25) is 0 Å². The Balaban J connectivity index is 0.000000211. The summed E-state index contributed by atoms with van der Waals surface area (Å²) in [6, 6.07) is 0. The van der Waals surface area contributed by atoms with Gasteiger partial charge in [-0.3, -0.25) is 47.6 Å². The molecular weight excluding hydrogens is 1680 g/mol. The molecule has 117 heavy (non-hydrogen) atoms. The van der Waals surface area contributed by atoms with E-state index in [2.05, 4.69) is 55.1 Å². The second-order valence-corrected chi connectivity index (χ2v) is 32.3.